The molecule has 0 amide bonds. The second-order valence-electron chi connectivity index (χ2n) is 3.98. The third-order valence-corrected chi connectivity index (χ3v) is 3.46. The molecule has 13 heavy (non-hydrogen) atoms. The Morgan fingerprint density at radius 1 is 1.69 bits per heavy atom. The predicted molar refractivity (Wildman–Crippen MR) is 42.0 cm³/mol. The van der Waals surface area contributed by atoms with Crippen LogP contribution in [0.25, 0.3) is 0 Å². The smallest absolute Gasteiger partial charge is 0.310 e. The molecule has 0 radical (unpaired) electrons. The number of carbonyl (C=O) groups is 1. The molecule has 4 nitrogen and oxygen atoms in total. The fourth-order valence-electron chi connectivity index (χ4n) is 2.63. The van der Waals surface area contributed by atoms with E-state index in [9.17, 15) is 4.79 Å². The molecule has 1 N–H and O–H groups in total. The lowest BCUT2D eigenvalue weighted by atomic mass is 9.37. The minimum Gasteiger partial charge on any atom is -0.481 e. The Balaban J connectivity index is 1.93. The summed E-state index contributed by atoms with van der Waals surface area (Å²) in [5.41, 5.74) is -0.532. The number of rotatable bonds is 2. The second-order valence-corrected chi connectivity index (χ2v) is 3.98. The first-order valence-electron chi connectivity index (χ1n) is 4.37. The zero-order valence-corrected chi connectivity index (χ0v) is 6.93. The number of aliphatic carboxylic acids is 1. The van der Waals surface area contributed by atoms with Gasteiger partial charge in [0.05, 0.1) is 17.5 Å². The van der Waals surface area contributed by atoms with E-state index in [1.54, 1.807) is 6.20 Å². The monoisotopic (exact) mass is 179 g/mol. The second kappa shape index (κ2) is 1.95. The third kappa shape index (κ3) is 0.632. The zero-order chi connectivity index (χ0) is 9.05. The molecule has 3 fully saturated rings. The van der Waals surface area contributed by atoms with Crippen molar-refractivity contribution in [3.63, 3.8) is 0 Å². The molecule has 1 unspecified atom stereocenters. The van der Waals surface area contributed by atoms with E-state index in [-0.39, 0.29) is 5.92 Å². The Morgan fingerprint density at radius 2 is 2.46 bits per heavy atom. The first kappa shape index (κ1) is 7.12. The van der Waals surface area contributed by atoms with Crippen molar-refractivity contribution >= 4 is 5.97 Å². The number of nitrogens with zero attached hydrogens (tertiary/aromatic N) is 1. The van der Waals surface area contributed by atoms with Crippen molar-refractivity contribution in [2.75, 3.05) is 0 Å². The van der Waals surface area contributed by atoms with E-state index < -0.39 is 11.4 Å². The van der Waals surface area contributed by atoms with Gasteiger partial charge in [0.2, 0.25) is 0 Å². The fraction of sp³-hybridized carbons (Fsp3) is 0.556. The van der Waals surface area contributed by atoms with Crippen molar-refractivity contribution in [1.29, 1.82) is 0 Å². The Kier molecular flexibility index (Phi) is 1.07. The summed E-state index contributed by atoms with van der Waals surface area (Å²) in [5, 5.41) is 9.03. The molecule has 0 aliphatic heterocycles. The Morgan fingerprint density at radius 3 is 2.85 bits per heavy atom. The van der Waals surface area contributed by atoms with E-state index in [2.05, 4.69) is 4.98 Å². The molecule has 0 saturated heterocycles. The lowest BCUT2D eigenvalue weighted by molar-refractivity contribution is -0.198. The van der Waals surface area contributed by atoms with Crippen LogP contribution in [0, 0.1) is 11.3 Å². The highest BCUT2D eigenvalue weighted by atomic mass is 16.4. The standard InChI is InChI=1S/C9H9NO3/c11-8(12)9-3-5(4-9)6(9)7-10-1-2-13-7/h1-2,5-6H,3-4H2,(H,11,12). The van der Waals surface area contributed by atoms with Gasteiger partial charge in [-0.25, -0.2) is 4.98 Å². The molecule has 4 heteroatoms. The Hall–Kier alpha value is -1.32. The van der Waals surface area contributed by atoms with Crippen LogP contribution in [0.1, 0.15) is 24.7 Å². The summed E-state index contributed by atoms with van der Waals surface area (Å²) in [4.78, 5) is 15.0. The van der Waals surface area contributed by atoms with E-state index in [0.717, 1.165) is 12.8 Å². The highest BCUT2D eigenvalue weighted by Gasteiger charge is 2.72. The minimum atomic E-state index is -0.696. The molecule has 1 aromatic rings. The topological polar surface area (TPSA) is 63.3 Å². The molecule has 4 rings (SSSR count). The SMILES string of the molecule is O=C(O)C12CC(C1)C2c1ncco1. The van der Waals surface area contributed by atoms with E-state index in [1.165, 1.54) is 6.26 Å². The number of carboxylic acids is 1. The van der Waals surface area contributed by atoms with Crippen LogP contribution in [-0.2, 0) is 4.79 Å². The summed E-state index contributed by atoms with van der Waals surface area (Å²) in [6, 6.07) is 0. The average Bonchev–Trinajstić information content (AvgIpc) is 2.32. The molecule has 3 saturated carbocycles. The molecule has 1 aromatic heterocycles. The number of oxazole rings is 1. The lowest BCUT2D eigenvalue weighted by Crippen LogP contribution is -2.63. The van der Waals surface area contributed by atoms with Gasteiger partial charge in [-0.2, -0.15) is 0 Å². The van der Waals surface area contributed by atoms with Gasteiger partial charge in [0.15, 0.2) is 5.89 Å². The summed E-state index contributed by atoms with van der Waals surface area (Å²) >= 11 is 0. The molecular formula is C9H9NO3. The average molecular weight is 179 g/mol. The van der Waals surface area contributed by atoms with Crippen LogP contribution in [0.3, 0.4) is 0 Å². The van der Waals surface area contributed by atoms with Gasteiger partial charge in [-0.1, -0.05) is 0 Å². The van der Waals surface area contributed by atoms with Crippen LogP contribution in [0.4, 0.5) is 0 Å². The van der Waals surface area contributed by atoms with Crippen molar-refractivity contribution in [2.24, 2.45) is 11.3 Å². The quantitative estimate of drug-likeness (QED) is 0.742. The summed E-state index contributed by atoms with van der Waals surface area (Å²) in [6.45, 7) is 0. The highest BCUT2D eigenvalue weighted by molar-refractivity contribution is 5.80. The molecular weight excluding hydrogens is 170 g/mol. The van der Waals surface area contributed by atoms with Crippen molar-refractivity contribution in [2.45, 2.75) is 18.8 Å². The first-order chi connectivity index (χ1) is 6.24. The van der Waals surface area contributed by atoms with Crippen LogP contribution >= 0.6 is 0 Å². The van der Waals surface area contributed by atoms with E-state index >= 15 is 0 Å². The van der Waals surface area contributed by atoms with Crippen molar-refractivity contribution in [3.05, 3.63) is 18.4 Å². The molecule has 3 aliphatic carbocycles. The van der Waals surface area contributed by atoms with Gasteiger partial charge in [0.25, 0.3) is 0 Å². The maximum Gasteiger partial charge on any atom is 0.310 e. The summed E-state index contributed by atoms with van der Waals surface area (Å²) < 4.78 is 5.14. The van der Waals surface area contributed by atoms with Gasteiger partial charge in [0, 0.05) is 0 Å². The lowest BCUT2D eigenvalue weighted by Gasteiger charge is -2.63. The van der Waals surface area contributed by atoms with E-state index in [4.69, 9.17) is 9.52 Å². The summed E-state index contributed by atoms with van der Waals surface area (Å²) in [5.74, 6) is 0.442. The van der Waals surface area contributed by atoms with Gasteiger partial charge >= 0.3 is 5.97 Å². The van der Waals surface area contributed by atoms with E-state index in [1.807, 2.05) is 0 Å². The van der Waals surface area contributed by atoms with Crippen LogP contribution in [-0.4, -0.2) is 16.1 Å². The molecule has 2 bridgehead atoms. The molecule has 68 valence electrons. The third-order valence-electron chi connectivity index (χ3n) is 3.46. The minimum absolute atomic E-state index is 0.0417. The van der Waals surface area contributed by atoms with Crippen LogP contribution in [0.5, 0.6) is 0 Å². The fourth-order valence-corrected chi connectivity index (χ4v) is 2.63. The number of carboxylic acid groups (broad SMARTS) is 1. The largest absolute Gasteiger partial charge is 0.481 e. The summed E-state index contributed by atoms with van der Waals surface area (Å²) in [7, 11) is 0. The molecule has 1 atom stereocenters. The van der Waals surface area contributed by atoms with Gasteiger partial charge in [0.1, 0.15) is 6.26 Å². The van der Waals surface area contributed by atoms with Crippen LogP contribution in [0.15, 0.2) is 16.9 Å². The predicted octanol–water partition coefficient (Wildman–Crippen LogP) is 1.25. The van der Waals surface area contributed by atoms with Crippen molar-refractivity contribution in [1.82, 2.24) is 4.98 Å². The molecule has 1 heterocycles. The summed E-state index contributed by atoms with van der Waals surface area (Å²) in [6.07, 6.45) is 4.68. The van der Waals surface area contributed by atoms with Crippen LogP contribution < -0.4 is 0 Å². The Labute approximate surface area is 74.6 Å². The van der Waals surface area contributed by atoms with Crippen molar-refractivity contribution in [3.8, 4) is 0 Å². The number of hydrogen-bond donors (Lipinski definition) is 1. The number of aromatic nitrogens is 1. The highest BCUT2D eigenvalue weighted by Crippen LogP contribution is 2.72. The maximum absolute atomic E-state index is 11.0. The zero-order valence-electron chi connectivity index (χ0n) is 6.93. The van der Waals surface area contributed by atoms with Gasteiger partial charge < -0.3 is 9.52 Å². The van der Waals surface area contributed by atoms with Gasteiger partial charge in [-0.3, -0.25) is 4.79 Å². The Bertz CT molecular complexity index is 351. The van der Waals surface area contributed by atoms with Gasteiger partial charge in [-0.15, -0.1) is 0 Å². The van der Waals surface area contributed by atoms with Crippen LogP contribution in [0.2, 0.25) is 0 Å². The van der Waals surface area contributed by atoms with E-state index in [0.29, 0.717) is 11.8 Å². The molecule has 3 aliphatic rings. The first-order valence-corrected chi connectivity index (χ1v) is 4.37. The van der Waals surface area contributed by atoms with Gasteiger partial charge in [-0.05, 0) is 18.8 Å². The molecule has 0 spiro atoms. The maximum atomic E-state index is 11.0. The molecule has 0 aromatic carbocycles. The normalized spacial score (nSPS) is 40.6. The van der Waals surface area contributed by atoms with Crippen molar-refractivity contribution < 1.29 is 14.3 Å². The number of hydrogen-bond acceptors (Lipinski definition) is 3.